The third kappa shape index (κ3) is 2.25. The van der Waals surface area contributed by atoms with Crippen molar-refractivity contribution in [3.05, 3.63) is 33.8 Å². The van der Waals surface area contributed by atoms with Crippen molar-refractivity contribution in [2.24, 2.45) is 5.41 Å². The normalized spacial score (nSPS) is 16.2. The van der Waals surface area contributed by atoms with Crippen LogP contribution in [0.1, 0.15) is 30.1 Å². The van der Waals surface area contributed by atoms with Crippen molar-refractivity contribution in [1.82, 2.24) is 0 Å². The maximum atomic E-state index is 12.3. The summed E-state index contributed by atoms with van der Waals surface area (Å²) in [4.78, 5) is 24.2. The Bertz CT molecular complexity index is 507. The lowest BCUT2D eigenvalue weighted by atomic mass is 9.95. The molecule has 5 heteroatoms. The fourth-order valence-electron chi connectivity index (χ4n) is 1.85. The molecule has 18 heavy (non-hydrogen) atoms. The van der Waals surface area contributed by atoms with E-state index in [0.29, 0.717) is 23.4 Å². The lowest BCUT2D eigenvalue weighted by Crippen LogP contribution is -2.28. The van der Waals surface area contributed by atoms with E-state index in [-0.39, 0.29) is 17.4 Å². The quantitative estimate of drug-likeness (QED) is 0.483. The topological polar surface area (TPSA) is 43.4 Å². The van der Waals surface area contributed by atoms with Gasteiger partial charge < -0.3 is 4.74 Å². The smallest absolute Gasteiger partial charge is 0.320 e. The van der Waals surface area contributed by atoms with Gasteiger partial charge in [0.2, 0.25) is 0 Å². The Labute approximate surface area is 115 Å². The number of carbonyl (C=O) groups excluding carboxylic acids is 2. The average molecular weight is 287 g/mol. The van der Waals surface area contributed by atoms with Gasteiger partial charge >= 0.3 is 5.97 Å². The van der Waals surface area contributed by atoms with E-state index < -0.39 is 11.4 Å². The van der Waals surface area contributed by atoms with Crippen LogP contribution in [0.4, 0.5) is 0 Å². The van der Waals surface area contributed by atoms with E-state index in [2.05, 4.69) is 0 Å². The number of ether oxygens (including phenoxy) is 1. The molecule has 0 bridgehead atoms. The van der Waals surface area contributed by atoms with Crippen molar-refractivity contribution in [3.63, 3.8) is 0 Å². The number of halogens is 2. The fourth-order valence-corrected chi connectivity index (χ4v) is 2.34. The molecule has 1 fully saturated rings. The summed E-state index contributed by atoms with van der Waals surface area (Å²) in [6, 6.07) is 4.63. The van der Waals surface area contributed by atoms with E-state index in [9.17, 15) is 9.59 Å². The number of hydrogen-bond acceptors (Lipinski definition) is 3. The Kier molecular flexibility index (Phi) is 3.64. The molecule has 1 aliphatic carbocycles. The molecule has 0 amide bonds. The molecule has 1 aliphatic rings. The number of esters is 1. The van der Waals surface area contributed by atoms with E-state index >= 15 is 0 Å². The second kappa shape index (κ2) is 4.90. The Morgan fingerprint density at radius 1 is 1.33 bits per heavy atom. The van der Waals surface area contributed by atoms with Crippen molar-refractivity contribution in [2.75, 3.05) is 6.61 Å². The Balaban J connectivity index is 2.29. The van der Waals surface area contributed by atoms with Gasteiger partial charge in [0.25, 0.3) is 0 Å². The second-order valence-electron chi connectivity index (χ2n) is 4.26. The molecule has 0 aliphatic heterocycles. The summed E-state index contributed by atoms with van der Waals surface area (Å²) >= 11 is 11.8. The van der Waals surface area contributed by atoms with Crippen LogP contribution < -0.4 is 0 Å². The van der Waals surface area contributed by atoms with Crippen LogP contribution >= 0.6 is 23.2 Å². The first-order chi connectivity index (χ1) is 8.51. The number of Topliss-reactive ketones (excluding diaryl/α,β-unsaturated/α-hetero) is 1. The molecule has 1 aromatic carbocycles. The van der Waals surface area contributed by atoms with Crippen molar-refractivity contribution < 1.29 is 14.3 Å². The first kappa shape index (κ1) is 13.4. The zero-order chi connectivity index (χ0) is 13.3. The summed E-state index contributed by atoms with van der Waals surface area (Å²) in [5, 5.41) is 0.723. The Hall–Kier alpha value is -1.06. The van der Waals surface area contributed by atoms with Crippen LogP contribution in [-0.2, 0) is 9.53 Å². The minimum absolute atomic E-state index is 0.266. The molecular weight excluding hydrogens is 275 g/mol. The Morgan fingerprint density at radius 3 is 2.50 bits per heavy atom. The van der Waals surface area contributed by atoms with Crippen LogP contribution in [0.25, 0.3) is 0 Å². The lowest BCUT2D eigenvalue weighted by Gasteiger charge is -2.13. The van der Waals surface area contributed by atoms with Gasteiger partial charge in [-0.05, 0) is 38.0 Å². The van der Waals surface area contributed by atoms with Crippen LogP contribution in [0.2, 0.25) is 10.0 Å². The summed E-state index contributed by atoms with van der Waals surface area (Å²) in [7, 11) is 0. The minimum Gasteiger partial charge on any atom is -0.465 e. The molecule has 1 aromatic rings. The van der Waals surface area contributed by atoms with Crippen LogP contribution in [0.5, 0.6) is 0 Å². The molecule has 96 valence electrons. The number of hydrogen-bond donors (Lipinski definition) is 0. The molecule has 0 aromatic heterocycles. The third-order valence-electron chi connectivity index (χ3n) is 3.03. The monoisotopic (exact) mass is 286 g/mol. The molecular formula is C13H12Cl2O3. The van der Waals surface area contributed by atoms with Crippen molar-refractivity contribution in [2.45, 2.75) is 19.8 Å². The van der Waals surface area contributed by atoms with Crippen LogP contribution in [-0.4, -0.2) is 18.4 Å². The van der Waals surface area contributed by atoms with E-state index in [1.807, 2.05) is 0 Å². The number of carbonyl (C=O) groups is 2. The highest BCUT2D eigenvalue weighted by Crippen LogP contribution is 2.50. The third-order valence-corrected chi connectivity index (χ3v) is 3.57. The van der Waals surface area contributed by atoms with Gasteiger partial charge in [0.05, 0.1) is 11.6 Å². The Morgan fingerprint density at radius 2 is 2.00 bits per heavy atom. The predicted octanol–water partition coefficient (Wildman–Crippen LogP) is 3.52. The molecule has 2 rings (SSSR count). The SMILES string of the molecule is CCOC(=O)C1(C(=O)c2ccc(Cl)cc2Cl)CC1. The van der Waals surface area contributed by atoms with Gasteiger partial charge in [-0.15, -0.1) is 0 Å². The lowest BCUT2D eigenvalue weighted by molar-refractivity contribution is -0.147. The molecule has 0 heterocycles. The van der Waals surface area contributed by atoms with Gasteiger partial charge in [0.1, 0.15) is 5.41 Å². The largest absolute Gasteiger partial charge is 0.465 e. The molecule has 0 N–H and O–H groups in total. The summed E-state index contributed by atoms with van der Waals surface area (Å²) in [5.74, 6) is -0.733. The van der Waals surface area contributed by atoms with Crippen LogP contribution in [0.15, 0.2) is 18.2 Å². The standard InChI is InChI=1S/C13H12Cl2O3/c1-2-18-12(17)13(5-6-13)11(16)9-4-3-8(14)7-10(9)15/h3-4,7H,2,5-6H2,1H3. The maximum absolute atomic E-state index is 12.3. The van der Waals surface area contributed by atoms with Crippen LogP contribution in [0, 0.1) is 5.41 Å². The van der Waals surface area contributed by atoms with Gasteiger partial charge in [-0.25, -0.2) is 0 Å². The first-order valence-electron chi connectivity index (χ1n) is 5.68. The molecule has 3 nitrogen and oxygen atoms in total. The molecule has 0 radical (unpaired) electrons. The number of ketones is 1. The van der Waals surface area contributed by atoms with Gasteiger partial charge in [-0.1, -0.05) is 23.2 Å². The molecule has 0 spiro atoms. The van der Waals surface area contributed by atoms with Gasteiger partial charge in [0.15, 0.2) is 5.78 Å². The molecule has 0 unspecified atom stereocenters. The van der Waals surface area contributed by atoms with Gasteiger partial charge in [-0.2, -0.15) is 0 Å². The van der Waals surface area contributed by atoms with Crippen molar-refractivity contribution in [1.29, 1.82) is 0 Å². The number of rotatable bonds is 4. The summed E-state index contributed by atoms with van der Waals surface area (Å²) in [5.41, 5.74) is -0.695. The van der Waals surface area contributed by atoms with Crippen molar-refractivity contribution in [3.8, 4) is 0 Å². The van der Waals surface area contributed by atoms with Gasteiger partial charge in [0, 0.05) is 10.6 Å². The summed E-state index contributed by atoms with van der Waals surface area (Å²) in [6.07, 6.45) is 1.03. The summed E-state index contributed by atoms with van der Waals surface area (Å²) < 4.78 is 4.95. The highest BCUT2D eigenvalue weighted by Gasteiger charge is 2.58. The predicted molar refractivity (Wildman–Crippen MR) is 69.1 cm³/mol. The molecule has 0 saturated heterocycles. The van der Waals surface area contributed by atoms with E-state index in [4.69, 9.17) is 27.9 Å². The molecule has 1 saturated carbocycles. The number of benzene rings is 1. The fraction of sp³-hybridized carbons (Fsp3) is 0.385. The van der Waals surface area contributed by atoms with E-state index in [1.165, 1.54) is 6.07 Å². The van der Waals surface area contributed by atoms with E-state index in [1.54, 1.807) is 19.1 Å². The van der Waals surface area contributed by atoms with Gasteiger partial charge in [-0.3, -0.25) is 9.59 Å². The van der Waals surface area contributed by atoms with E-state index in [0.717, 1.165) is 0 Å². The highest BCUT2D eigenvalue weighted by atomic mass is 35.5. The highest BCUT2D eigenvalue weighted by molar-refractivity contribution is 6.37. The minimum atomic E-state index is -1.02. The average Bonchev–Trinajstić information content (AvgIpc) is 3.09. The van der Waals surface area contributed by atoms with Crippen LogP contribution in [0.3, 0.4) is 0 Å². The zero-order valence-electron chi connectivity index (χ0n) is 9.83. The van der Waals surface area contributed by atoms with Crippen molar-refractivity contribution >= 4 is 35.0 Å². The summed E-state index contributed by atoms with van der Waals surface area (Å²) in [6.45, 7) is 1.98. The maximum Gasteiger partial charge on any atom is 0.320 e. The molecule has 0 atom stereocenters. The zero-order valence-corrected chi connectivity index (χ0v) is 11.3. The second-order valence-corrected chi connectivity index (χ2v) is 5.10. The first-order valence-corrected chi connectivity index (χ1v) is 6.44.